The zero-order valence-electron chi connectivity index (χ0n) is 13.5. The molecule has 2 aromatic carbocycles. The molecule has 126 valence electrons. The Kier molecular flexibility index (Phi) is 3.42. The number of ether oxygens (including phenoxy) is 1. The maximum Gasteiger partial charge on any atom is 0.274 e. The number of amides is 1. The van der Waals surface area contributed by atoms with Crippen LogP contribution in [0.15, 0.2) is 42.5 Å². The van der Waals surface area contributed by atoms with Crippen LogP contribution < -0.4 is 9.64 Å². The van der Waals surface area contributed by atoms with E-state index in [-0.39, 0.29) is 11.6 Å². The number of aromatic amines is 1. The summed E-state index contributed by atoms with van der Waals surface area (Å²) in [6.45, 7) is 0.508. The lowest BCUT2D eigenvalue weighted by atomic mass is 10.1. The van der Waals surface area contributed by atoms with E-state index in [2.05, 4.69) is 4.98 Å². The summed E-state index contributed by atoms with van der Waals surface area (Å²) in [5.74, 6) is 0.505. The number of benzene rings is 2. The Morgan fingerprint density at radius 2 is 2.08 bits per heavy atom. The molecule has 1 amide bonds. The number of H-pyrrole nitrogens is 1. The first-order valence-corrected chi connectivity index (χ1v) is 7.83. The van der Waals surface area contributed by atoms with Gasteiger partial charge >= 0.3 is 0 Å². The molecule has 3 aromatic rings. The van der Waals surface area contributed by atoms with Crippen molar-refractivity contribution >= 4 is 28.2 Å². The standard InChI is InChI=1S/C18H15N3O4/c1-25-14-5-3-12-8-16(19-15(12)10-14)18(22)20-7-6-11-2-4-13(21(23)24)9-17(11)20/h2-5,8-10,19H,6-7H2,1H3. The number of carbonyl (C=O) groups is 1. The summed E-state index contributed by atoms with van der Waals surface area (Å²) >= 11 is 0. The Hall–Kier alpha value is -3.35. The van der Waals surface area contributed by atoms with E-state index < -0.39 is 4.92 Å². The van der Waals surface area contributed by atoms with Crippen molar-refractivity contribution in [1.82, 2.24) is 4.98 Å². The monoisotopic (exact) mass is 337 g/mol. The number of nitro groups is 1. The molecule has 0 aliphatic carbocycles. The minimum Gasteiger partial charge on any atom is -0.497 e. The molecule has 25 heavy (non-hydrogen) atoms. The van der Waals surface area contributed by atoms with E-state index in [9.17, 15) is 14.9 Å². The molecule has 0 bridgehead atoms. The van der Waals surface area contributed by atoms with Crippen LogP contribution in [0.5, 0.6) is 5.75 Å². The number of rotatable bonds is 3. The van der Waals surface area contributed by atoms with Gasteiger partial charge in [0.05, 0.1) is 17.7 Å². The predicted molar refractivity (Wildman–Crippen MR) is 93.3 cm³/mol. The molecule has 1 aromatic heterocycles. The molecule has 0 atom stereocenters. The van der Waals surface area contributed by atoms with Crippen LogP contribution in [0, 0.1) is 10.1 Å². The number of carbonyl (C=O) groups excluding carboxylic acids is 1. The van der Waals surface area contributed by atoms with E-state index in [0.717, 1.165) is 16.5 Å². The van der Waals surface area contributed by atoms with E-state index in [1.165, 1.54) is 12.1 Å². The van der Waals surface area contributed by atoms with Crippen LogP contribution in [-0.4, -0.2) is 29.5 Å². The second-order valence-corrected chi connectivity index (χ2v) is 5.91. The first kappa shape index (κ1) is 15.2. The van der Waals surface area contributed by atoms with Gasteiger partial charge in [-0.1, -0.05) is 6.07 Å². The van der Waals surface area contributed by atoms with E-state index >= 15 is 0 Å². The van der Waals surface area contributed by atoms with E-state index in [0.29, 0.717) is 30.1 Å². The van der Waals surface area contributed by atoms with Crippen LogP contribution in [0.4, 0.5) is 11.4 Å². The zero-order chi connectivity index (χ0) is 17.6. The molecule has 0 unspecified atom stereocenters. The van der Waals surface area contributed by atoms with Crippen LogP contribution >= 0.6 is 0 Å². The highest BCUT2D eigenvalue weighted by Gasteiger charge is 2.28. The van der Waals surface area contributed by atoms with Crippen molar-refractivity contribution in [3.05, 3.63) is 63.8 Å². The van der Waals surface area contributed by atoms with E-state index in [4.69, 9.17) is 4.74 Å². The first-order valence-electron chi connectivity index (χ1n) is 7.83. The number of nitro benzene ring substituents is 1. The quantitative estimate of drug-likeness (QED) is 0.587. The largest absolute Gasteiger partial charge is 0.497 e. The maximum atomic E-state index is 12.9. The Labute approximate surface area is 143 Å². The molecule has 1 aliphatic rings. The lowest BCUT2D eigenvalue weighted by Gasteiger charge is -2.16. The number of fused-ring (bicyclic) bond motifs is 2. The van der Waals surface area contributed by atoms with E-state index in [1.807, 2.05) is 18.2 Å². The van der Waals surface area contributed by atoms with Gasteiger partial charge in [0.1, 0.15) is 11.4 Å². The number of hydrogen-bond acceptors (Lipinski definition) is 4. The molecule has 1 aliphatic heterocycles. The third-order valence-electron chi connectivity index (χ3n) is 4.48. The molecule has 0 saturated heterocycles. The van der Waals surface area contributed by atoms with Gasteiger partial charge in [-0.25, -0.2) is 0 Å². The summed E-state index contributed by atoms with van der Waals surface area (Å²) in [6.07, 6.45) is 0.688. The van der Waals surface area contributed by atoms with Gasteiger partial charge in [-0.2, -0.15) is 0 Å². The lowest BCUT2D eigenvalue weighted by Crippen LogP contribution is -2.29. The van der Waals surface area contributed by atoms with Crippen LogP contribution in [-0.2, 0) is 6.42 Å². The molecule has 2 heterocycles. The van der Waals surface area contributed by atoms with Gasteiger partial charge in [0.25, 0.3) is 11.6 Å². The molecule has 0 spiro atoms. The third-order valence-corrected chi connectivity index (χ3v) is 4.48. The predicted octanol–water partition coefficient (Wildman–Crippen LogP) is 3.29. The Balaban J connectivity index is 1.71. The summed E-state index contributed by atoms with van der Waals surface area (Å²) in [7, 11) is 1.59. The van der Waals surface area contributed by atoms with Crippen molar-refractivity contribution in [2.75, 3.05) is 18.6 Å². The molecule has 7 nitrogen and oxygen atoms in total. The Bertz CT molecular complexity index is 1010. The lowest BCUT2D eigenvalue weighted by molar-refractivity contribution is -0.384. The summed E-state index contributed by atoms with van der Waals surface area (Å²) in [5, 5.41) is 11.9. The summed E-state index contributed by atoms with van der Waals surface area (Å²) in [4.78, 5) is 28.2. The number of nitrogens with zero attached hydrogens (tertiary/aromatic N) is 2. The molecular weight excluding hydrogens is 322 g/mol. The van der Waals surface area contributed by atoms with Gasteiger partial charge in [-0.05, 0) is 30.2 Å². The van der Waals surface area contributed by atoms with Crippen LogP contribution in [0.2, 0.25) is 0 Å². The van der Waals surface area contributed by atoms with Gasteiger partial charge < -0.3 is 14.6 Å². The fourth-order valence-electron chi connectivity index (χ4n) is 3.19. The topological polar surface area (TPSA) is 88.5 Å². The molecule has 0 fully saturated rings. The first-order chi connectivity index (χ1) is 12.1. The molecule has 0 saturated carbocycles. The van der Waals surface area contributed by atoms with E-state index in [1.54, 1.807) is 24.1 Å². The average molecular weight is 337 g/mol. The summed E-state index contributed by atoms with van der Waals surface area (Å²) in [5.41, 5.74) is 2.79. The minimum atomic E-state index is -0.448. The van der Waals surface area contributed by atoms with Gasteiger partial charge in [0.2, 0.25) is 0 Å². The summed E-state index contributed by atoms with van der Waals surface area (Å²) < 4.78 is 5.19. The van der Waals surface area contributed by atoms with Crippen molar-refractivity contribution in [2.24, 2.45) is 0 Å². The highest BCUT2D eigenvalue weighted by atomic mass is 16.6. The number of hydrogen-bond donors (Lipinski definition) is 1. The van der Waals surface area contributed by atoms with Crippen LogP contribution in [0.1, 0.15) is 16.1 Å². The Morgan fingerprint density at radius 1 is 1.24 bits per heavy atom. The third kappa shape index (κ3) is 2.50. The van der Waals surface area contributed by atoms with Crippen molar-refractivity contribution in [1.29, 1.82) is 0 Å². The summed E-state index contributed by atoms with van der Waals surface area (Å²) in [6, 6.07) is 12.0. The highest BCUT2D eigenvalue weighted by molar-refractivity contribution is 6.08. The highest BCUT2D eigenvalue weighted by Crippen LogP contribution is 2.33. The van der Waals surface area contributed by atoms with Crippen molar-refractivity contribution < 1.29 is 14.5 Å². The smallest absolute Gasteiger partial charge is 0.274 e. The van der Waals surface area contributed by atoms with Crippen LogP contribution in [0.3, 0.4) is 0 Å². The number of anilines is 1. The SMILES string of the molecule is COc1ccc2cc(C(=O)N3CCc4ccc([N+](=O)[O-])cc43)[nH]c2c1. The molecular formula is C18H15N3O4. The molecule has 1 N–H and O–H groups in total. The normalized spacial score (nSPS) is 13.1. The molecule has 0 radical (unpaired) electrons. The number of non-ortho nitro benzene ring substituents is 1. The van der Waals surface area contributed by atoms with Gasteiger partial charge in [0, 0.05) is 35.6 Å². The minimum absolute atomic E-state index is 0.0140. The van der Waals surface area contributed by atoms with Gasteiger partial charge in [-0.15, -0.1) is 0 Å². The van der Waals surface area contributed by atoms with Gasteiger partial charge in [0.15, 0.2) is 0 Å². The maximum absolute atomic E-state index is 12.9. The molecule has 7 heteroatoms. The fourth-order valence-corrected chi connectivity index (χ4v) is 3.19. The van der Waals surface area contributed by atoms with Gasteiger partial charge in [-0.3, -0.25) is 14.9 Å². The van der Waals surface area contributed by atoms with Crippen molar-refractivity contribution in [3.63, 3.8) is 0 Å². The van der Waals surface area contributed by atoms with Crippen molar-refractivity contribution in [3.8, 4) is 5.75 Å². The number of nitrogens with one attached hydrogen (secondary N) is 1. The zero-order valence-corrected chi connectivity index (χ0v) is 13.5. The Morgan fingerprint density at radius 3 is 2.84 bits per heavy atom. The second kappa shape index (κ2) is 5.62. The molecule has 4 rings (SSSR count). The van der Waals surface area contributed by atoms with Crippen LogP contribution in [0.25, 0.3) is 10.9 Å². The second-order valence-electron chi connectivity index (χ2n) is 5.91. The fraction of sp³-hybridized carbons (Fsp3) is 0.167. The van der Waals surface area contributed by atoms with Crippen molar-refractivity contribution in [2.45, 2.75) is 6.42 Å². The number of methoxy groups -OCH3 is 1. The average Bonchev–Trinajstić information content (AvgIpc) is 3.23. The number of aromatic nitrogens is 1.